The van der Waals surface area contributed by atoms with Gasteiger partial charge in [-0.2, -0.15) is 0 Å². The summed E-state index contributed by atoms with van der Waals surface area (Å²) in [5, 5.41) is 3.49. The number of ether oxygens (including phenoxy) is 1. The van der Waals surface area contributed by atoms with Crippen LogP contribution in [0, 0.1) is 6.92 Å². The lowest BCUT2D eigenvalue weighted by Crippen LogP contribution is -2.31. The van der Waals surface area contributed by atoms with Crippen LogP contribution in [0.5, 0.6) is 0 Å². The van der Waals surface area contributed by atoms with Crippen LogP contribution >= 0.6 is 0 Å². The molecule has 0 radical (unpaired) electrons. The molecule has 0 aliphatic heterocycles. The molecule has 1 rings (SSSR count). The Balaban J connectivity index is 2.68. The van der Waals surface area contributed by atoms with Gasteiger partial charge in [0.25, 0.3) is 0 Å². The monoisotopic (exact) mass is 249 g/mol. The van der Waals surface area contributed by atoms with E-state index in [2.05, 4.69) is 64.2 Å². The standard InChI is InChI=1S/C16H27NO/c1-6-16(4,5)18-12-15(17-7-2)14-10-8-13(3)9-11-14/h8-11,15,17H,6-7,12H2,1-5H3. The van der Waals surface area contributed by atoms with Gasteiger partial charge in [0, 0.05) is 0 Å². The van der Waals surface area contributed by atoms with Crippen LogP contribution in [0.15, 0.2) is 24.3 Å². The molecule has 1 aromatic carbocycles. The zero-order valence-corrected chi connectivity index (χ0v) is 12.4. The largest absolute Gasteiger partial charge is 0.374 e. The summed E-state index contributed by atoms with van der Waals surface area (Å²) < 4.78 is 6.02. The van der Waals surface area contributed by atoms with Gasteiger partial charge < -0.3 is 10.1 Å². The zero-order chi connectivity index (χ0) is 13.6. The topological polar surface area (TPSA) is 21.3 Å². The highest BCUT2D eigenvalue weighted by Crippen LogP contribution is 2.19. The van der Waals surface area contributed by atoms with Gasteiger partial charge in [-0.3, -0.25) is 0 Å². The zero-order valence-electron chi connectivity index (χ0n) is 12.4. The molecule has 0 aliphatic carbocycles. The quantitative estimate of drug-likeness (QED) is 0.792. The van der Waals surface area contributed by atoms with Crippen LogP contribution < -0.4 is 5.32 Å². The Morgan fingerprint density at radius 3 is 2.28 bits per heavy atom. The van der Waals surface area contributed by atoms with E-state index in [1.54, 1.807) is 0 Å². The van der Waals surface area contributed by atoms with E-state index in [4.69, 9.17) is 4.74 Å². The second-order valence-electron chi connectivity index (χ2n) is 5.45. The molecule has 0 bridgehead atoms. The molecule has 2 heteroatoms. The SMILES string of the molecule is CCNC(COC(C)(C)CC)c1ccc(C)cc1. The van der Waals surface area contributed by atoms with Crippen LogP contribution in [0.25, 0.3) is 0 Å². The average Bonchev–Trinajstić information content (AvgIpc) is 2.36. The Bertz CT molecular complexity index is 343. The van der Waals surface area contributed by atoms with Crippen LogP contribution in [0.1, 0.15) is 51.3 Å². The van der Waals surface area contributed by atoms with Gasteiger partial charge in [-0.1, -0.05) is 43.7 Å². The molecule has 0 aromatic heterocycles. The van der Waals surface area contributed by atoms with Gasteiger partial charge in [-0.05, 0) is 39.3 Å². The number of nitrogens with one attached hydrogen (secondary N) is 1. The average molecular weight is 249 g/mol. The lowest BCUT2D eigenvalue weighted by molar-refractivity contribution is -0.0306. The minimum Gasteiger partial charge on any atom is -0.374 e. The highest BCUT2D eigenvalue weighted by molar-refractivity contribution is 5.24. The van der Waals surface area contributed by atoms with Crippen molar-refractivity contribution >= 4 is 0 Å². The first-order chi connectivity index (χ1) is 8.48. The van der Waals surface area contributed by atoms with E-state index in [1.807, 2.05) is 0 Å². The van der Waals surface area contributed by atoms with Gasteiger partial charge in [0.1, 0.15) is 0 Å². The third-order valence-electron chi connectivity index (χ3n) is 3.42. The Hall–Kier alpha value is -0.860. The fraction of sp³-hybridized carbons (Fsp3) is 0.625. The van der Waals surface area contributed by atoms with E-state index in [1.165, 1.54) is 11.1 Å². The predicted octanol–water partition coefficient (Wildman–Crippen LogP) is 3.85. The molecule has 1 unspecified atom stereocenters. The Labute approximate surface area is 112 Å². The van der Waals surface area contributed by atoms with Gasteiger partial charge in [-0.15, -0.1) is 0 Å². The van der Waals surface area contributed by atoms with Crippen LogP contribution in [-0.2, 0) is 4.74 Å². The van der Waals surface area contributed by atoms with Crippen molar-refractivity contribution in [3.8, 4) is 0 Å². The first-order valence-electron chi connectivity index (χ1n) is 6.92. The Morgan fingerprint density at radius 1 is 1.17 bits per heavy atom. The van der Waals surface area contributed by atoms with Crippen molar-refractivity contribution in [2.45, 2.75) is 52.7 Å². The number of aryl methyl sites for hydroxylation is 1. The minimum atomic E-state index is -0.0433. The van der Waals surface area contributed by atoms with Crippen molar-refractivity contribution in [1.82, 2.24) is 5.32 Å². The van der Waals surface area contributed by atoms with Crippen LogP contribution in [-0.4, -0.2) is 18.8 Å². The fourth-order valence-corrected chi connectivity index (χ4v) is 1.73. The number of benzene rings is 1. The molecule has 2 nitrogen and oxygen atoms in total. The maximum absolute atomic E-state index is 6.02. The molecule has 1 atom stereocenters. The molecule has 0 amide bonds. The molecule has 0 saturated carbocycles. The van der Waals surface area contributed by atoms with E-state index in [0.29, 0.717) is 0 Å². The van der Waals surface area contributed by atoms with E-state index in [0.717, 1.165) is 19.6 Å². The predicted molar refractivity (Wildman–Crippen MR) is 77.9 cm³/mol. The molecule has 1 N–H and O–H groups in total. The van der Waals surface area contributed by atoms with Gasteiger partial charge in [0.15, 0.2) is 0 Å². The molecule has 0 fully saturated rings. The molecule has 0 aliphatic rings. The number of hydrogen-bond acceptors (Lipinski definition) is 2. The highest BCUT2D eigenvalue weighted by atomic mass is 16.5. The van der Waals surface area contributed by atoms with E-state index < -0.39 is 0 Å². The van der Waals surface area contributed by atoms with E-state index in [9.17, 15) is 0 Å². The smallest absolute Gasteiger partial charge is 0.0668 e. The first kappa shape index (κ1) is 15.2. The summed E-state index contributed by atoms with van der Waals surface area (Å²) in [7, 11) is 0. The van der Waals surface area contributed by atoms with Crippen LogP contribution in [0.3, 0.4) is 0 Å². The van der Waals surface area contributed by atoms with Crippen molar-refractivity contribution in [3.63, 3.8) is 0 Å². The minimum absolute atomic E-state index is 0.0433. The second kappa shape index (κ2) is 6.91. The van der Waals surface area contributed by atoms with Gasteiger partial charge in [-0.25, -0.2) is 0 Å². The fourth-order valence-electron chi connectivity index (χ4n) is 1.73. The number of likely N-dealkylation sites (N-methyl/N-ethyl adjacent to an activating group) is 1. The molecule has 1 aromatic rings. The summed E-state index contributed by atoms with van der Waals surface area (Å²) in [6.07, 6.45) is 1.03. The maximum Gasteiger partial charge on any atom is 0.0668 e. The molecule has 102 valence electrons. The number of rotatable bonds is 7. The van der Waals surface area contributed by atoms with Gasteiger partial charge in [0.2, 0.25) is 0 Å². The van der Waals surface area contributed by atoms with Crippen molar-refractivity contribution in [2.24, 2.45) is 0 Å². The summed E-state index contributed by atoms with van der Waals surface area (Å²) in [6.45, 7) is 12.4. The molecule has 18 heavy (non-hydrogen) atoms. The summed E-state index contributed by atoms with van der Waals surface area (Å²) in [5.74, 6) is 0. The van der Waals surface area contributed by atoms with Crippen molar-refractivity contribution in [3.05, 3.63) is 35.4 Å². The molecule has 0 spiro atoms. The lowest BCUT2D eigenvalue weighted by Gasteiger charge is -2.27. The first-order valence-corrected chi connectivity index (χ1v) is 6.92. The van der Waals surface area contributed by atoms with Gasteiger partial charge >= 0.3 is 0 Å². The van der Waals surface area contributed by atoms with Crippen molar-refractivity contribution in [1.29, 1.82) is 0 Å². The second-order valence-corrected chi connectivity index (χ2v) is 5.45. The normalized spacial score (nSPS) is 13.6. The lowest BCUT2D eigenvalue weighted by atomic mass is 10.0. The third kappa shape index (κ3) is 4.79. The molecule has 0 saturated heterocycles. The number of hydrogen-bond donors (Lipinski definition) is 1. The molecular formula is C16H27NO. The van der Waals surface area contributed by atoms with Crippen LogP contribution in [0.4, 0.5) is 0 Å². The maximum atomic E-state index is 6.02. The summed E-state index contributed by atoms with van der Waals surface area (Å²) in [6, 6.07) is 8.96. The van der Waals surface area contributed by atoms with Gasteiger partial charge in [0.05, 0.1) is 18.2 Å². The molecular weight excluding hydrogens is 222 g/mol. The van der Waals surface area contributed by atoms with E-state index >= 15 is 0 Å². The summed E-state index contributed by atoms with van der Waals surface area (Å²) >= 11 is 0. The van der Waals surface area contributed by atoms with E-state index in [-0.39, 0.29) is 11.6 Å². The van der Waals surface area contributed by atoms with Crippen molar-refractivity contribution in [2.75, 3.05) is 13.2 Å². The third-order valence-corrected chi connectivity index (χ3v) is 3.42. The Kier molecular flexibility index (Phi) is 5.83. The summed E-state index contributed by atoms with van der Waals surface area (Å²) in [5.41, 5.74) is 2.55. The van der Waals surface area contributed by atoms with Crippen molar-refractivity contribution < 1.29 is 4.74 Å². The summed E-state index contributed by atoms with van der Waals surface area (Å²) in [4.78, 5) is 0. The van der Waals surface area contributed by atoms with Crippen LogP contribution in [0.2, 0.25) is 0 Å². The molecule has 0 heterocycles. The highest BCUT2D eigenvalue weighted by Gasteiger charge is 2.19. The Morgan fingerprint density at radius 2 is 1.78 bits per heavy atom.